The van der Waals surface area contributed by atoms with E-state index in [2.05, 4.69) is 22.7 Å². The summed E-state index contributed by atoms with van der Waals surface area (Å²) in [6, 6.07) is 21.7. The number of carbonyl (C=O) groups excluding carboxylic acids is 1. The smallest absolute Gasteiger partial charge is 0.264 e. The summed E-state index contributed by atoms with van der Waals surface area (Å²) in [7, 11) is -4.04. The van der Waals surface area contributed by atoms with Crippen molar-refractivity contribution in [3.63, 3.8) is 0 Å². The van der Waals surface area contributed by atoms with Crippen LogP contribution in [0.3, 0.4) is 0 Å². The second kappa shape index (κ2) is 10.00. The van der Waals surface area contributed by atoms with Crippen molar-refractivity contribution in [3.05, 3.63) is 106 Å². The Morgan fingerprint density at radius 3 is 2.46 bits per heavy atom. The quantitative estimate of drug-likeness (QED) is 0.251. The Labute approximate surface area is 221 Å². The highest BCUT2D eigenvalue weighted by atomic mass is 35.5. The monoisotopic (exact) mass is 531 g/mol. The predicted molar refractivity (Wildman–Crippen MR) is 149 cm³/mol. The Morgan fingerprint density at radius 1 is 1.00 bits per heavy atom. The number of hydrazone groups is 1. The lowest BCUT2D eigenvalue weighted by Crippen LogP contribution is -2.39. The molecule has 8 heteroatoms. The van der Waals surface area contributed by atoms with Crippen molar-refractivity contribution < 1.29 is 13.2 Å². The van der Waals surface area contributed by atoms with E-state index < -0.39 is 22.5 Å². The Kier molecular flexibility index (Phi) is 6.75. The van der Waals surface area contributed by atoms with Crippen molar-refractivity contribution >= 4 is 50.2 Å². The van der Waals surface area contributed by atoms with E-state index in [4.69, 9.17) is 11.6 Å². The molecule has 1 N–H and O–H groups in total. The van der Waals surface area contributed by atoms with E-state index >= 15 is 0 Å². The zero-order chi connectivity index (χ0) is 26.2. The molecule has 0 aromatic heterocycles. The zero-order valence-electron chi connectivity index (χ0n) is 20.5. The van der Waals surface area contributed by atoms with E-state index in [-0.39, 0.29) is 4.90 Å². The Bertz CT molecular complexity index is 1640. The van der Waals surface area contributed by atoms with Crippen LogP contribution >= 0.6 is 11.6 Å². The van der Waals surface area contributed by atoms with E-state index in [0.29, 0.717) is 10.7 Å². The summed E-state index contributed by atoms with van der Waals surface area (Å²) in [6.45, 7) is 3.24. The normalized spacial score (nSPS) is 12.8. The predicted octanol–water partition coefficient (Wildman–Crippen LogP) is 5.55. The lowest BCUT2D eigenvalue weighted by Gasteiger charge is -2.24. The molecule has 0 aliphatic heterocycles. The number of nitrogens with zero attached hydrogens (tertiary/aromatic N) is 2. The van der Waals surface area contributed by atoms with Crippen molar-refractivity contribution in [2.45, 2.75) is 31.6 Å². The molecule has 4 aromatic rings. The molecule has 1 amide bonds. The van der Waals surface area contributed by atoms with Gasteiger partial charge >= 0.3 is 0 Å². The Balaban J connectivity index is 1.40. The van der Waals surface area contributed by atoms with Gasteiger partial charge in [-0.1, -0.05) is 65.7 Å². The SMILES string of the molecule is Cc1ccc(S(=O)(=O)N(CC(=O)N/N=C\c2ccc3c4c(cccc24)CC3)c2ccc(C)c(Cl)c2)cc1. The van der Waals surface area contributed by atoms with Crippen LogP contribution in [0, 0.1) is 13.8 Å². The fourth-order valence-corrected chi connectivity index (χ4v) is 6.20. The Morgan fingerprint density at radius 2 is 1.73 bits per heavy atom. The maximum atomic E-state index is 13.6. The largest absolute Gasteiger partial charge is 0.271 e. The van der Waals surface area contributed by atoms with Crippen molar-refractivity contribution in [1.82, 2.24) is 5.43 Å². The average molecular weight is 532 g/mol. The minimum absolute atomic E-state index is 0.0824. The van der Waals surface area contributed by atoms with Crippen LogP contribution in [0.25, 0.3) is 10.8 Å². The summed E-state index contributed by atoms with van der Waals surface area (Å²) in [5, 5.41) is 6.89. The second-order valence-electron chi connectivity index (χ2n) is 9.21. The summed E-state index contributed by atoms with van der Waals surface area (Å²) in [4.78, 5) is 13.0. The third-order valence-electron chi connectivity index (χ3n) is 6.64. The third-order valence-corrected chi connectivity index (χ3v) is 8.84. The molecule has 5 rings (SSSR count). The van der Waals surface area contributed by atoms with E-state index in [1.165, 1.54) is 28.6 Å². The number of sulfonamides is 1. The van der Waals surface area contributed by atoms with Gasteiger partial charge in [0, 0.05) is 10.6 Å². The van der Waals surface area contributed by atoms with E-state index in [1.54, 1.807) is 36.5 Å². The number of rotatable bonds is 7. The first kappa shape index (κ1) is 25.0. The molecule has 1 aliphatic carbocycles. The fraction of sp³-hybridized carbons (Fsp3) is 0.172. The number of anilines is 1. The molecule has 6 nitrogen and oxygen atoms in total. The third kappa shape index (κ3) is 4.97. The van der Waals surface area contributed by atoms with Gasteiger partial charge < -0.3 is 0 Å². The van der Waals surface area contributed by atoms with Gasteiger partial charge in [-0.3, -0.25) is 9.10 Å². The van der Waals surface area contributed by atoms with Gasteiger partial charge in [0.15, 0.2) is 0 Å². The number of hydrogen-bond donors (Lipinski definition) is 1. The Hall–Kier alpha value is -3.68. The average Bonchev–Trinajstić information content (AvgIpc) is 3.30. The number of benzene rings is 4. The standard InChI is InChI=1S/C29H26ClN3O3S/c1-19-6-14-25(15-7-19)37(35,36)33(24-13-8-20(2)27(30)16-24)18-28(34)32-31-17-23-12-11-22-10-9-21-4-3-5-26(23)29(21)22/h3-8,11-17H,9-10,18H2,1-2H3,(H,32,34)/b31-17-. The molecule has 0 saturated carbocycles. The van der Waals surface area contributed by atoms with Gasteiger partial charge in [-0.15, -0.1) is 0 Å². The molecule has 0 spiro atoms. The molecule has 188 valence electrons. The molecule has 0 radical (unpaired) electrons. The van der Waals surface area contributed by atoms with E-state index in [0.717, 1.165) is 39.2 Å². The van der Waals surface area contributed by atoms with Crippen LogP contribution in [0.5, 0.6) is 0 Å². The molecule has 0 fully saturated rings. The number of halogens is 1. The first-order chi connectivity index (χ1) is 17.7. The minimum Gasteiger partial charge on any atom is -0.271 e. The highest BCUT2D eigenvalue weighted by Crippen LogP contribution is 2.32. The van der Waals surface area contributed by atoms with Crippen molar-refractivity contribution in [3.8, 4) is 0 Å². The zero-order valence-corrected chi connectivity index (χ0v) is 22.1. The first-order valence-corrected chi connectivity index (χ1v) is 13.8. The summed E-state index contributed by atoms with van der Waals surface area (Å²) in [6.07, 6.45) is 3.65. The van der Waals surface area contributed by atoms with Crippen LogP contribution in [-0.2, 0) is 27.7 Å². The molecule has 0 bridgehead atoms. The molecule has 37 heavy (non-hydrogen) atoms. The van der Waals surface area contributed by atoms with Gasteiger partial charge in [0.1, 0.15) is 6.54 Å². The van der Waals surface area contributed by atoms with Gasteiger partial charge in [0.2, 0.25) is 0 Å². The van der Waals surface area contributed by atoms with Crippen molar-refractivity contribution in [2.24, 2.45) is 5.10 Å². The van der Waals surface area contributed by atoms with Crippen LogP contribution in [0.15, 0.2) is 82.8 Å². The maximum absolute atomic E-state index is 13.6. The lowest BCUT2D eigenvalue weighted by molar-refractivity contribution is -0.119. The maximum Gasteiger partial charge on any atom is 0.264 e. The van der Waals surface area contributed by atoms with Crippen molar-refractivity contribution in [2.75, 3.05) is 10.8 Å². The second-order valence-corrected chi connectivity index (χ2v) is 11.5. The van der Waals surface area contributed by atoms with Gasteiger partial charge in [0.05, 0.1) is 16.8 Å². The molecule has 0 atom stereocenters. The molecule has 1 aliphatic rings. The number of carbonyl (C=O) groups is 1. The number of hydrogen-bond acceptors (Lipinski definition) is 4. The summed E-state index contributed by atoms with van der Waals surface area (Å²) in [5.41, 5.74) is 8.04. The minimum atomic E-state index is -4.04. The van der Waals surface area contributed by atoms with Gasteiger partial charge in [-0.2, -0.15) is 5.10 Å². The lowest BCUT2D eigenvalue weighted by atomic mass is 10.0. The van der Waals surface area contributed by atoms with E-state index in [9.17, 15) is 13.2 Å². The van der Waals surface area contributed by atoms with Crippen molar-refractivity contribution in [1.29, 1.82) is 0 Å². The van der Waals surface area contributed by atoms with Crippen LogP contribution in [0.1, 0.15) is 27.8 Å². The number of nitrogens with one attached hydrogen (secondary N) is 1. The van der Waals surface area contributed by atoms with Crippen LogP contribution in [0.4, 0.5) is 5.69 Å². The van der Waals surface area contributed by atoms with Crippen LogP contribution in [0.2, 0.25) is 5.02 Å². The number of amides is 1. The summed E-state index contributed by atoms with van der Waals surface area (Å²) < 4.78 is 28.2. The van der Waals surface area contributed by atoms with E-state index in [1.807, 2.05) is 32.0 Å². The van der Waals surface area contributed by atoms with Gasteiger partial charge in [-0.05, 0) is 78.4 Å². The van der Waals surface area contributed by atoms with Gasteiger partial charge in [-0.25, -0.2) is 13.8 Å². The number of aryl methyl sites for hydroxylation is 4. The van der Waals surface area contributed by atoms with Gasteiger partial charge in [0.25, 0.3) is 15.9 Å². The fourth-order valence-electron chi connectivity index (χ4n) is 4.61. The summed E-state index contributed by atoms with van der Waals surface area (Å²) >= 11 is 6.29. The highest BCUT2D eigenvalue weighted by molar-refractivity contribution is 7.92. The first-order valence-electron chi connectivity index (χ1n) is 11.9. The molecule has 0 saturated heterocycles. The molecular formula is C29H26ClN3O3S. The summed E-state index contributed by atoms with van der Waals surface area (Å²) in [5.74, 6) is -0.574. The molecular weight excluding hydrogens is 506 g/mol. The molecule has 0 heterocycles. The molecule has 4 aromatic carbocycles. The van der Waals surface area contributed by atoms with Crippen LogP contribution < -0.4 is 9.73 Å². The molecule has 0 unspecified atom stereocenters. The topological polar surface area (TPSA) is 78.8 Å². The van der Waals surface area contributed by atoms with Crippen LogP contribution in [-0.4, -0.2) is 27.1 Å². The highest BCUT2D eigenvalue weighted by Gasteiger charge is 2.27.